The van der Waals surface area contributed by atoms with Gasteiger partial charge in [0.15, 0.2) is 0 Å². The van der Waals surface area contributed by atoms with Gasteiger partial charge in [-0.1, -0.05) is 34.1 Å². The van der Waals surface area contributed by atoms with Gasteiger partial charge < -0.3 is 5.32 Å². The lowest BCUT2D eigenvalue weighted by atomic mass is 10.2. The zero-order chi connectivity index (χ0) is 13.2. The first-order chi connectivity index (χ1) is 9.22. The van der Waals surface area contributed by atoms with E-state index < -0.39 is 0 Å². The topological polar surface area (TPSA) is 37.8 Å². The Kier molecular flexibility index (Phi) is 3.36. The van der Waals surface area contributed by atoms with Gasteiger partial charge >= 0.3 is 0 Å². The third kappa shape index (κ3) is 2.69. The molecular formula is C14H9BrClN3. The number of fused-ring (bicyclic) bond motifs is 1. The number of rotatable bonds is 2. The van der Waals surface area contributed by atoms with Crippen molar-refractivity contribution in [1.82, 2.24) is 9.97 Å². The Morgan fingerprint density at radius 3 is 2.68 bits per heavy atom. The van der Waals surface area contributed by atoms with Crippen LogP contribution in [0.2, 0.25) is 5.28 Å². The van der Waals surface area contributed by atoms with Crippen LogP contribution in [0, 0.1) is 0 Å². The van der Waals surface area contributed by atoms with Gasteiger partial charge in [-0.15, -0.1) is 0 Å². The number of halogens is 2. The summed E-state index contributed by atoms with van der Waals surface area (Å²) >= 11 is 9.39. The Balaban J connectivity index is 2.09. The summed E-state index contributed by atoms with van der Waals surface area (Å²) in [5.41, 5.74) is 1.76. The Morgan fingerprint density at radius 2 is 1.84 bits per heavy atom. The van der Waals surface area contributed by atoms with Gasteiger partial charge in [0.05, 0.1) is 5.52 Å². The average molecular weight is 335 g/mol. The van der Waals surface area contributed by atoms with Crippen LogP contribution in [0.25, 0.3) is 10.9 Å². The number of nitrogens with zero attached hydrogens (tertiary/aromatic N) is 2. The second-order valence-electron chi connectivity index (χ2n) is 3.99. The van der Waals surface area contributed by atoms with Crippen LogP contribution in [-0.2, 0) is 0 Å². The third-order valence-corrected chi connectivity index (χ3v) is 3.33. The fraction of sp³-hybridized carbons (Fsp3) is 0. The van der Waals surface area contributed by atoms with Gasteiger partial charge in [-0.05, 0) is 41.9 Å². The molecule has 19 heavy (non-hydrogen) atoms. The molecule has 0 atom stereocenters. The molecule has 0 saturated heterocycles. The van der Waals surface area contributed by atoms with Crippen molar-refractivity contribution in [2.45, 2.75) is 0 Å². The van der Waals surface area contributed by atoms with E-state index in [9.17, 15) is 0 Å². The molecule has 5 heteroatoms. The highest BCUT2D eigenvalue weighted by Crippen LogP contribution is 2.26. The van der Waals surface area contributed by atoms with Crippen LogP contribution >= 0.6 is 27.5 Å². The quantitative estimate of drug-likeness (QED) is 0.685. The standard InChI is InChI=1S/C14H9BrClN3/c15-9-4-3-5-10(8-9)17-13-11-6-1-2-7-12(11)18-14(16)19-13/h1-8H,(H,17,18,19). The number of hydrogen-bond acceptors (Lipinski definition) is 3. The molecule has 0 aliphatic carbocycles. The molecule has 0 radical (unpaired) electrons. The molecule has 0 amide bonds. The van der Waals surface area contributed by atoms with Gasteiger partial charge in [0.1, 0.15) is 5.82 Å². The minimum atomic E-state index is 0.233. The van der Waals surface area contributed by atoms with Gasteiger partial charge in [-0.25, -0.2) is 4.98 Å². The van der Waals surface area contributed by atoms with E-state index in [0.29, 0.717) is 5.82 Å². The number of hydrogen-bond donors (Lipinski definition) is 1. The van der Waals surface area contributed by atoms with E-state index in [4.69, 9.17) is 11.6 Å². The first kappa shape index (κ1) is 12.4. The number of nitrogens with one attached hydrogen (secondary N) is 1. The zero-order valence-corrected chi connectivity index (χ0v) is 12.1. The SMILES string of the molecule is Clc1nc(Nc2cccc(Br)c2)c2ccccc2n1. The number of para-hydroxylation sites is 1. The molecule has 0 bridgehead atoms. The molecule has 0 fully saturated rings. The van der Waals surface area contributed by atoms with E-state index in [1.165, 1.54) is 0 Å². The maximum Gasteiger partial charge on any atom is 0.224 e. The largest absolute Gasteiger partial charge is 0.340 e. The molecule has 3 aromatic rings. The van der Waals surface area contributed by atoms with E-state index in [2.05, 4.69) is 31.2 Å². The predicted octanol–water partition coefficient (Wildman–Crippen LogP) is 4.79. The fourth-order valence-corrected chi connectivity index (χ4v) is 2.42. The van der Waals surface area contributed by atoms with Crippen molar-refractivity contribution in [2.75, 3.05) is 5.32 Å². The molecule has 0 aliphatic rings. The molecule has 3 rings (SSSR count). The van der Waals surface area contributed by atoms with Crippen LogP contribution in [0.1, 0.15) is 0 Å². The van der Waals surface area contributed by atoms with Crippen molar-refractivity contribution in [2.24, 2.45) is 0 Å². The van der Waals surface area contributed by atoms with E-state index in [-0.39, 0.29) is 5.28 Å². The van der Waals surface area contributed by atoms with E-state index in [1.54, 1.807) is 0 Å². The fourth-order valence-electron chi connectivity index (χ4n) is 1.85. The van der Waals surface area contributed by atoms with Gasteiger partial charge in [-0.2, -0.15) is 4.98 Å². The summed E-state index contributed by atoms with van der Waals surface area (Å²) in [5, 5.41) is 4.43. The summed E-state index contributed by atoms with van der Waals surface area (Å²) in [4.78, 5) is 8.45. The Labute approximate surface area is 123 Å². The highest BCUT2D eigenvalue weighted by molar-refractivity contribution is 9.10. The first-order valence-corrected chi connectivity index (χ1v) is 6.84. The minimum Gasteiger partial charge on any atom is -0.340 e. The average Bonchev–Trinajstić information content (AvgIpc) is 2.38. The zero-order valence-electron chi connectivity index (χ0n) is 9.77. The second-order valence-corrected chi connectivity index (χ2v) is 5.25. The van der Waals surface area contributed by atoms with Crippen LogP contribution in [0.15, 0.2) is 53.0 Å². The van der Waals surface area contributed by atoms with Crippen molar-refractivity contribution >= 4 is 49.9 Å². The molecule has 0 saturated carbocycles. The lowest BCUT2D eigenvalue weighted by Gasteiger charge is -2.09. The molecule has 1 heterocycles. The van der Waals surface area contributed by atoms with Gasteiger partial charge in [0.2, 0.25) is 5.28 Å². The second kappa shape index (κ2) is 5.15. The van der Waals surface area contributed by atoms with Crippen molar-refractivity contribution in [3.63, 3.8) is 0 Å². The molecule has 0 unspecified atom stereocenters. The lowest BCUT2D eigenvalue weighted by molar-refractivity contribution is 1.22. The highest BCUT2D eigenvalue weighted by Gasteiger charge is 2.06. The predicted molar refractivity (Wildman–Crippen MR) is 82.0 cm³/mol. The third-order valence-electron chi connectivity index (χ3n) is 2.66. The number of benzene rings is 2. The Bertz CT molecular complexity index is 746. The molecule has 1 N–H and O–H groups in total. The maximum absolute atomic E-state index is 5.95. The normalized spacial score (nSPS) is 10.6. The lowest BCUT2D eigenvalue weighted by Crippen LogP contribution is -1.97. The molecular weight excluding hydrogens is 326 g/mol. The van der Waals surface area contributed by atoms with Crippen LogP contribution in [0.5, 0.6) is 0 Å². The molecule has 94 valence electrons. The first-order valence-electron chi connectivity index (χ1n) is 5.67. The summed E-state index contributed by atoms with van der Waals surface area (Å²) in [7, 11) is 0. The summed E-state index contributed by atoms with van der Waals surface area (Å²) in [5.74, 6) is 0.702. The molecule has 3 nitrogen and oxygen atoms in total. The van der Waals surface area contributed by atoms with Gasteiger partial charge in [0.25, 0.3) is 0 Å². The van der Waals surface area contributed by atoms with Crippen molar-refractivity contribution in [3.05, 3.63) is 58.3 Å². The number of aromatic nitrogens is 2. The summed E-state index contributed by atoms with van der Waals surface area (Å²) in [6.07, 6.45) is 0. The number of anilines is 2. The Hall–Kier alpha value is -1.65. The van der Waals surface area contributed by atoms with Crippen molar-refractivity contribution in [3.8, 4) is 0 Å². The summed E-state index contributed by atoms with van der Waals surface area (Å²) < 4.78 is 1.00. The summed E-state index contributed by atoms with van der Waals surface area (Å²) in [6.45, 7) is 0. The molecule has 0 aliphatic heterocycles. The van der Waals surface area contributed by atoms with Gasteiger partial charge in [-0.3, -0.25) is 0 Å². The molecule has 1 aromatic heterocycles. The van der Waals surface area contributed by atoms with Crippen LogP contribution in [0.3, 0.4) is 0 Å². The smallest absolute Gasteiger partial charge is 0.224 e. The van der Waals surface area contributed by atoms with Crippen LogP contribution in [0.4, 0.5) is 11.5 Å². The van der Waals surface area contributed by atoms with Crippen molar-refractivity contribution in [1.29, 1.82) is 0 Å². The maximum atomic E-state index is 5.95. The van der Waals surface area contributed by atoms with Crippen LogP contribution < -0.4 is 5.32 Å². The van der Waals surface area contributed by atoms with Crippen molar-refractivity contribution < 1.29 is 0 Å². The van der Waals surface area contributed by atoms with E-state index in [1.807, 2.05) is 48.5 Å². The van der Waals surface area contributed by atoms with E-state index >= 15 is 0 Å². The van der Waals surface area contributed by atoms with E-state index in [0.717, 1.165) is 21.1 Å². The molecule has 2 aromatic carbocycles. The summed E-state index contributed by atoms with van der Waals surface area (Å²) in [6, 6.07) is 15.6. The Morgan fingerprint density at radius 1 is 1.00 bits per heavy atom. The van der Waals surface area contributed by atoms with Crippen LogP contribution in [-0.4, -0.2) is 9.97 Å². The minimum absolute atomic E-state index is 0.233. The monoisotopic (exact) mass is 333 g/mol. The molecule has 0 spiro atoms. The van der Waals surface area contributed by atoms with Gasteiger partial charge in [0, 0.05) is 15.5 Å². The highest BCUT2D eigenvalue weighted by atomic mass is 79.9.